The van der Waals surface area contributed by atoms with Crippen LogP contribution in [0.5, 0.6) is 11.5 Å². The van der Waals surface area contributed by atoms with Gasteiger partial charge in [0.1, 0.15) is 11.5 Å². The summed E-state index contributed by atoms with van der Waals surface area (Å²) in [6.45, 7) is 1.75. The minimum absolute atomic E-state index is 0.0252. The van der Waals surface area contributed by atoms with E-state index < -0.39 is 10.0 Å². The maximum absolute atomic E-state index is 12.5. The molecule has 3 rings (SSSR count). The van der Waals surface area contributed by atoms with Crippen molar-refractivity contribution < 1.29 is 17.9 Å². The van der Waals surface area contributed by atoms with E-state index in [0.29, 0.717) is 22.9 Å². The van der Waals surface area contributed by atoms with Crippen LogP contribution in [0.2, 0.25) is 0 Å². The lowest BCUT2D eigenvalue weighted by Crippen LogP contribution is -2.15. The van der Waals surface area contributed by atoms with Crippen molar-refractivity contribution >= 4 is 27.9 Å². The average molecular weight is 412 g/mol. The molecule has 0 saturated heterocycles. The highest BCUT2D eigenvalue weighted by Crippen LogP contribution is 2.24. The molecular formula is C20H20N4O4S. The molecule has 0 fully saturated rings. The minimum Gasteiger partial charge on any atom is -0.497 e. The Bertz CT molecular complexity index is 1130. The van der Waals surface area contributed by atoms with E-state index in [1.54, 1.807) is 63.8 Å². The first-order valence-electron chi connectivity index (χ1n) is 8.60. The molecule has 3 aromatic rings. The third kappa shape index (κ3) is 5.08. The summed E-state index contributed by atoms with van der Waals surface area (Å²) in [5.41, 5.74) is 1.98. The highest BCUT2D eigenvalue weighted by atomic mass is 32.2. The fraction of sp³-hybridized carbons (Fsp3) is 0.150. The lowest BCUT2D eigenvalue weighted by Gasteiger charge is -2.08. The summed E-state index contributed by atoms with van der Waals surface area (Å²) in [6, 6.07) is 13.2. The molecule has 0 aliphatic heterocycles. The molecule has 0 atom stereocenters. The van der Waals surface area contributed by atoms with Crippen molar-refractivity contribution in [3.05, 3.63) is 66.0 Å². The molecule has 0 aliphatic rings. The molecule has 150 valence electrons. The summed E-state index contributed by atoms with van der Waals surface area (Å²) >= 11 is 0. The molecule has 0 radical (unpaired) electrons. The number of rotatable bonds is 7. The summed E-state index contributed by atoms with van der Waals surface area (Å²) in [5.74, 6) is 1.35. The van der Waals surface area contributed by atoms with Crippen LogP contribution in [0.15, 0.2) is 64.6 Å². The Morgan fingerprint density at radius 2 is 1.79 bits per heavy atom. The van der Waals surface area contributed by atoms with Gasteiger partial charge in [0.05, 0.1) is 24.8 Å². The highest BCUT2D eigenvalue weighted by molar-refractivity contribution is 7.92. The van der Waals surface area contributed by atoms with Gasteiger partial charge in [0.15, 0.2) is 0 Å². The molecule has 1 N–H and O–H groups in total. The molecule has 29 heavy (non-hydrogen) atoms. The van der Waals surface area contributed by atoms with Crippen molar-refractivity contribution in [3.8, 4) is 11.5 Å². The number of aryl methyl sites for hydroxylation is 1. The van der Waals surface area contributed by atoms with Crippen molar-refractivity contribution in [1.29, 1.82) is 0 Å². The van der Waals surface area contributed by atoms with Gasteiger partial charge in [-0.2, -0.15) is 0 Å². The van der Waals surface area contributed by atoms with Gasteiger partial charge in [-0.3, -0.25) is 4.99 Å². The largest absolute Gasteiger partial charge is 0.497 e. The van der Waals surface area contributed by atoms with E-state index in [0.717, 1.165) is 5.56 Å². The second-order valence-corrected chi connectivity index (χ2v) is 7.67. The molecule has 0 bridgehead atoms. The number of anilines is 1. The number of aromatic nitrogens is 2. The molecule has 0 unspecified atom stereocenters. The molecule has 0 amide bonds. The molecule has 0 saturated carbocycles. The van der Waals surface area contributed by atoms with E-state index in [1.807, 2.05) is 0 Å². The van der Waals surface area contributed by atoms with Gasteiger partial charge in [0, 0.05) is 23.7 Å². The van der Waals surface area contributed by atoms with Gasteiger partial charge in [-0.15, -0.1) is 0 Å². The zero-order chi connectivity index (χ0) is 20.9. The number of benzene rings is 2. The molecule has 1 aromatic heterocycles. The molecule has 0 spiro atoms. The first-order chi connectivity index (χ1) is 13.9. The van der Waals surface area contributed by atoms with Crippen LogP contribution >= 0.6 is 0 Å². The third-order valence-electron chi connectivity index (χ3n) is 3.96. The third-order valence-corrected chi connectivity index (χ3v) is 5.30. The van der Waals surface area contributed by atoms with Gasteiger partial charge < -0.3 is 9.47 Å². The quantitative estimate of drug-likeness (QED) is 0.597. The molecule has 0 aliphatic carbocycles. The lowest BCUT2D eigenvalue weighted by molar-refractivity contribution is 0.402. The van der Waals surface area contributed by atoms with Crippen LogP contribution in [0, 0.1) is 6.92 Å². The summed E-state index contributed by atoms with van der Waals surface area (Å²) < 4.78 is 37.9. The zero-order valence-corrected chi connectivity index (χ0v) is 17.0. The molecule has 1 heterocycles. The van der Waals surface area contributed by atoms with Crippen LogP contribution in [-0.4, -0.2) is 38.8 Å². The van der Waals surface area contributed by atoms with Crippen molar-refractivity contribution in [2.75, 3.05) is 18.9 Å². The van der Waals surface area contributed by atoms with Crippen molar-refractivity contribution in [3.63, 3.8) is 0 Å². The van der Waals surface area contributed by atoms with Gasteiger partial charge >= 0.3 is 0 Å². The van der Waals surface area contributed by atoms with E-state index in [-0.39, 0.29) is 10.8 Å². The second-order valence-electron chi connectivity index (χ2n) is 5.99. The number of hydrogen-bond acceptors (Lipinski definition) is 7. The smallest absolute Gasteiger partial charge is 0.264 e. The fourth-order valence-corrected chi connectivity index (χ4v) is 3.42. The Morgan fingerprint density at radius 1 is 1.03 bits per heavy atom. The maximum Gasteiger partial charge on any atom is 0.264 e. The van der Waals surface area contributed by atoms with Gasteiger partial charge in [0.2, 0.25) is 5.95 Å². The van der Waals surface area contributed by atoms with Crippen molar-refractivity contribution in [2.45, 2.75) is 11.8 Å². The first kappa shape index (κ1) is 20.3. The zero-order valence-electron chi connectivity index (χ0n) is 16.2. The van der Waals surface area contributed by atoms with Crippen LogP contribution in [0.25, 0.3) is 0 Å². The van der Waals surface area contributed by atoms with Crippen molar-refractivity contribution in [2.24, 2.45) is 4.99 Å². The first-order valence-corrected chi connectivity index (χ1v) is 10.1. The second kappa shape index (κ2) is 8.70. The molecule has 9 heteroatoms. The van der Waals surface area contributed by atoms with E-state index in [4.69, 9.17) is 9.47 Å². The Morgan fingerprint density at radius 3 is 2.45 bits per heavy atom. The summed E-state index contributed by atoms with van der Waals surface area (Å²) in [6.07, 6.45) is 3.12. The predicted molar refractivity (Wildman–Crippen MR) is 111 cm³/mol. The standard InChI is InChI=1S/C20H20N4O4S/c1-14-10-11-21-20(23-14)24-29(25,26)18-7-4-16(5-8-18)22-13-15-12-17(27-2)6-9-19(15)28-3/h4-13H,1-3H3,(H,21,23,24). The molecule has 8 nitrogen and oxygen atoms in total. The van der Waals surface area contributed by atoms with Gasteiger partial charge in [0.25, 0.3) is 10.0 Å². The topological polar surface area (TPSA) is 103 Å². The number of aliphatic imine (C=N–C) groups is 1. The monoisotopic (exact) mass is 412 g/mol. The fourth-order valence-electron chi connectivity index (χ4n) is 2.47. The normalized spacial score (nSPS) is 11.4. The molecule has 2 aromatic carbocycles. The van der Waals surface area contributed by atoms with Crippen LogP contribution in [0.3, 0.4) is 0 Å². The van der Waals surface area contributed by atoms with E-state index in [2.05, 4.69) is 19.7 Å². The van der Waals surface area contributed by atoms with Crippen LogP contribution in [0.1, 0.15) is 11.3 Å². The Kier molecular flexibility index (Phi) is 6.08. The minimum atomic E-state index is -3.80. The van der Waals surface area contributed by atoms with Gasteiger partial charge in [-0.1, -0.05) is 0 Å². The molecular weight excluding hydrogens is 392 g/mol. The van der Waals surface area contributed by atoms with Crippen LogP contribution < -0.4 is 14.2 Å². The Hall–Kier alpha value is -3.46. The number of nitrogens with zero attached hydrogens (tertiary/aromatic N) is 3. The predicted octanol–water partition coefficient (Wildman–Crippen LogP) is 3.35. The number of hydrogen-bond donors (Lipinski definition) is 1. The number of nitrogens with one attached hydrogen (secondary N) is 1. The SMILES string of the molecule is COc1ccc(OC)c(C=Nc2ccc(S(=O)(=O)Nc3nccc(C)n3)cc2)c1. The average Bonchev–Trinajstić information content (AvgIpc) is 2.72. The van der Waals surface area contributed by atoms with Gasteiger partial charge in [-0.25, -0.2) is 23.1 Å². The van der Waals surface area contributed by atoms with Gasteiger partial charge in [-0.05, 0) is 55.5 Å². The summed E-state index contributed by atoms with van der Waals surface area (Å²) in [5, 5.41) is 0. The number of methoxy groups -OCH3 is 2. The summed E-state index contributed by atoms with van der Waals surface area (Å²) in [4.78, 5) is 12.4. The van der Waals surface area contributed by atoms with Crippen molar-refractivity contribution in [1.82, 2.24) is 9.97 Å². The van der Waals surface area contributed by atoms with E-state index >= 15 is 0 Å². The number of sulfonamides is 1. The Labute approximate surface area is 169 Å². The van der Waals surface area contributed by atoms with E-state index in [1.165, 1.54) is 18.3 Å². The highest BCUT2D eigenvalue weighted by Gasteiger charge is 2.15. The Balaban J connectivity index is 1.79. The van der Waals surface area contributed by atoms with Crippen LogP contribution in [-0.2, 0) is 10.0 Å². The maximum atomic E-state index is 12.5. The van der Waals surface area contributed by atoms with E-state index in [9.17, 15) is 8.42 Å². The number of ether oxygens (including phenoxy) is 2. The lowest BCUT2D eigenvalue weighted by atomic mass is 10.2. The summed E-state index contributed by atoms with van der Waals surface area (Å²) in [7, 11) is -0.643. The van der Waals surface area contributed by atoms with Crippen LogP contribution in [0.4, 0.5) is 11.6 Å².